The summed E-state index contributed by atoms with van der Waals surface area (Å²) in [6.45, 7) is 1.99. The number of rotatable bonds is 2. The van der Waals surface area contributed by atoms with Crippen molar-refractivity contribution in [1.29, 1.82) is 0 Å². The van der Waals surface area contributed by atoms with Gasteiger partial charge in [0, 0.05) is 29.9 Å². The molecule has 72 valence electrons. The quantitative estimate of drug-likeness (QED) is 0.818. The first-order valence-corrected chi connectivity index (χ1v) is 5.24. The molecule has 0 bridgehead atoms. The smallest absolute Gasteiger partial charge is 0.182 e. The molecule has 2 heterocycles. The van der Waals surface area contributed by atoms with E-state index < -0.39 is 0 Å². The lowest BCUT2D eigenvalue weighted by atomic mass is 10.1. The molecule has 0 amide bonds. The SMILES string of the molecule is CNc1nc(-c2cccnc2C)cs1. The highest BCUT2D eigenvalue weighted by atomic mass is 32.1. The second-order valence-corrected chi connectivity index (χ2v) is 3.78. The standard InChI is InChI=1S/C10H11N3S/c1-7-8(4-3-5-12-7)9-6-14-10(11-2)13-9/h3-6H,1-2H3,(H,11,13). The van der Waals surface area contributed by atoms with Gasteiger partial charge in [0.05, 0.1) is 5.69 Å². The topological polar surface area (TPSA) is 37.8 Å². The normalized spacial score (nSPS) is 10.1. The second kappa shape index (κ2) is 3.75. The summed E-state index contributed by atoms with van der Waals surface area (Å²) < 4.78 is 0. The number of hydrogen-bond donors (Lipinski definition) is 1. The fraction of sp³-hybridized carbons (Fsp3) is 0.200. The minimum absolute atomic E-state index is 0.934. The van der Waals surface area contributed by atoms with Crippen molar-refractivity contribution in [3.8, 4) is 11.3 Å². The van der Waals surface area contributed by atoms with Gasteiger partial charge in [-0.25, -0.2) is 4.98 Å². The predicted molar refractivity (Wildman–Crippen MR) is 59.6 cm³/mol. The predicted octanol–water partition coefficient (Wildman–Crippen LogP) is 2.56. The van der Waals surface area contributed by atoms with Crippen LogP contribution in [-0.2, 0) is 0 Å². The van der Waals surface area contributed by atoms with Gasteiger partial charge < -0.3 is 5.32 Å². The van der Waals surface area contributed by atoms with E-state index in [0.29, 0.717) is 0 Å². The summed E-state index contributed by atoms with van der Waals surface area (Å²) in [7, 11) is 1.87. The van der Waals surface area contributed by atoms with Gasteiger partial charge in [-0.15, -0.1) is 11.3 Å². The van der Waals surface area contributed by atoms with Crippen LogP contribution in [0.5, 0.6) is 0 Å². The molecule has 0 aliphatic carbocycles. The largest absolute Gasteiger partial charge is 0.365 e. The number of hydrogen-bond acceptors (Lipinski definition) is 4. The van der Waals surface area contributed by atoms with Crippen LogP contribution in [0.4, 0.5) is 5.13 Å². The molecule has 0 fully saturated rings. The van der Waals surface area contributed by atoms with Crippen molar-refractivity contribution in [2.75, 3.05) is 12.4 Å². The number of aryl methyl sites for hydroxylation is 1. The van der Waals surface area contributed by atoms with Crippen LogP contribution >= 0.6 is 11.3 Å². The summed E-state index contributed by atoms with van der Waals surface area (Å²) in [4.78, 5) is 8.66. The van der Waals surface area contributed by atoms with Crippen LogP contribution in [0.3, 0.4) is 0 Å². The molecule has 14 heavy (non-hydrogen) atoms. The summed E-state index contributed by atoms with van der Waals surface area (Å²) in [5, 5.41) is 5.99. The maximum Gasteiger partial charge on any atom is 0.182 e. The lowest BCUT2D eigenvalue weighted by Crippen LogP contribution is -1.88. The molecule has 1 N–H and O–H groups in total. The Morgan fingerprint density at radius 3 is 2.93 bits per heavy atom. The molecule has 2 rings (SSSR count). The van der Waals surface area contributed by atoms with Gasteiger partial charge in [0.25, 0.3) is 0 Å². The zero-order valence-corrected chi connectivity index (χ0v) is 8.93. The van der Waals surface area contributed by atoms with Crippen LogP contribution in [-0.4, -0.2) is 17.0 Å². The first kappa shape index (κ1) is 9.15. The van der Waals surface area contributed by atoms with E-state index in [0.717, 1.165) is 22.1 Å². The van der Waals surface area contributed by atoms with Gasteiger partial charge in [0.15, 0.2) is 5.13 Å². The highest BCUT2D eigenvalue weighted by molar-refractivity contribution is 7.14. The first-order valence-electron chi connectivity index (χ1n) is 4.36. The average molecular weight is 205 g/mol. The van der Waals surface area contributed by atoms with Crippen LogP contribution in [0.25, 0.3) is 11.3 Å². The Balaban J connectivity index is 2.44. The Bertz CT molecular complexity index is 436. The maximum atomic E-state index is 4.43. The monoisotopic (exact) mass is 205 g/mol. The number of anilines is 1. The molecule has 0 aliphatic rings. The molecule has 0 saturated heterocycles. The van der Waals surface area contributed by atoms with Crippen LogP contribution in [0.2, 0.25) is 0 Å². The minimum atomic E-state index is 0.934. The summed E-state index contributed by atoms with van der Waals surface area (Å²) in [5.41, 5.74) is 3.11. The minimum Gasteiger partial charge on any atom is -0.365 e. The fourth-order valence-corrected chi connectivity index (χ4v) is 1.94. The Morgan fingerprint density at radius 1 is 1.43 bits per heavy atom. The first-order chi connectivity index (χ1) is 6.81. The van der Waals surface area contributed by atoms with E-state index in [-0.39, 0.29) is 0 Å². The molecule has 0 radical (unpaired) electrons. The molecule has 0 saturated carbocycles. The van der Waals surface area contributed by atoms with Crippen molar-refractivity contribution in [3.63, 3.8) is 0 Å². The maximum absolute atomic E-state index is 4.43. The van der Waals surface area contributed by atoms with E-state index in [1.807, 2.05) is 31.5 Å². The summed E-state index contributed by atoms with van der Waals surface area (Å²) in [6.07, 6.45) is 1.80. The summed E-state index contributed by atoms with van der Waals surface area (Å²) >= 11 is 1.60. The summed E-state index contributed by atoms with van der Waals surface area (Å²) in [6, 6.07) is 3.97. The molecule has 2 aromatic heterocycles. The Morgan fingerprint density at radius 2 is 2.29 bits per heavy atom. The highest BCUT2D eigenvalue weighted by Crippen LogP contribution is 2.25. The van der Waals surface area contributed by atoms with E-state index in [9.17, 15) is 0 Å². The van der Waals surface area contributed by atoms with Crippen molar-refractivity contribution < 1.29 is 0 Å². The molecule has 0 aliphatic heterocycles. The van der Waals surface area contributed by atoms with Crippen molar-refractivity contribution in [3.05, 3.63) is 29.4 Å². The number of nitrogens with one attached hydrogen (secondary N) is 1. The van der Waals surface area contributed by atoms with Gasteiger partial charge in [0.1, 0.15) is 0 Å². The molecule has 0 aromatic carbocycles. The molecule has 4 heteroatoms. The second-order valence-electron chi connectivity index (χ2n) is 2.92. The van der Waals surface area contributed by atoms with E-state index in [1.165, 1.54) is 0 Å². The molecule has 0 spiro atoms. The average Bonchev–Trinajstić information content (AvgIpc) is 2.67. The number of thiazole rings is 1. The third-order valence-electron chi connectivity index (χ3n) is 2.00. The van der Waals surface area contributed by atoms with E-state index in [2.05, 4.69) is 15.3 Å². The number of pyridine rings is 1. The Labute approximate surface area is 86.8 Å². The van der Waals surface area contributed by atoms with Gasteiger partial charge >= 0.3 is 0 Å². The zero-order valence-electron chi connectivity index (χ0n) is 8.11. The molecular formula is C10H11N3S. The molecule has 0 atom stereocenters. The van der Waals surface area contributed by atoms with Crippen molar-refractivity contribution in [1.82, 2.24) is 9.97 Å². The third kappa shape index (κ3) is 1.61. The van der Waals surface area contributed by atoms with Crippen LogP contribution < -0.4 is 5.32 Å². The fourth-order valence-electron chi connectivity index (χ4n) is 1.27. The van der Waals surface area contributed by atoms with Crippen molar-refractivity contribution in [2.24, 2.45) is 0 Å². The van der Waals surface area contributed by atoms with E-state index >= 15 is 0 Å². The lowest BCUT2D eigenvalue weighted by molar-refractivity contribution is 1.19. The van der Waals surface area contributed by atoms with Crippen LogP contribution in [0.15, 0.2) is 23.7 Å². The van der Waals surface area contributed by atoms with Gasteiger partial charge in [-0.3, -0.25) is 4.98 Å². The molecular weight excluding hydrogens is 194 g/mol. The van der Waals surface area contributed by atoms with Crippen molar-refractivity contribution >= 4 is 16.5 Å². The van der Waals surface area contributed by atoms with Crippen molar-refractivity contribution in [2.45, 2.75) is 6.92 Å². The molecule has 3 nitrogen and oxygen atoms in total. The molecule has 0 unspecified atom stereocenters. The highest BCUT2D eigenvalue weighted by Gasteiger charge is 2.05. The third-order valence-corrected chi connectivity index (χ3v) is 2.86. The van der Waals surface area contributed by atoms with E-state index in [4.69, 9.17) is 0 Å². The molecule has 2 aromatic rings. The van der Waals surface area contributed by atoms with Gasteiger partial charge in [-0.1, -0.05) is 0 Å². The zero-order chi connectivity index (χ0) is 9.97. The number of aromatic nitrogens is 2. The van der Waals surface area contributed by atoms with Crippen LogP contribution in [0, 0.1) is 6.92 Å². The Hall–Kier alpha value is -1.42. The van der Waals surface area contributed by atoms with Gasteiger partial charge in [0.2, 0.25) is 0 Å². The van der Waals surface area contributed by atoms with Gasteiger partial charge in [-0.2, -0.15) is 0 Å². The van der Waals surface area contributed by atoms with E-state index in [1.54, 1.807) is 17.5 Å². The van der Waals surface area contributed by atoms with Crippen LogP contribution in [0.1, 0.15) is 5.69 Å². The van der Waals surface area contributed by atoms with Gasteiger partial charge in [-0.05, 0) is 19.1 Å². The lowest BCUT2D eigenvalue weighted by Gasteiger charge is -1.99. The Kier molecular flexibility index (Phi) is 2.45. The summed E-state index contributed by atoms with van der Waals surface area (Å²) in [5.74, 6) is 0. The number of nitrogens with zero attached hydrogens (tertiary/aromatic N) is 2.